The molecule has 2 aromatic carbocycles. The largest absolute Gasteiger partial charge is 0.497 e. The number of sulfonamides is 2. The fraction of sp³-hybridized carbons (Fsp3) is 0.200. The van der Waals surface area contributed by atoms with E-state index in [0.29, 0.717) is 11.1 Å². The molecule has 3 N–H and O–H groups in total. The van der Waals surface area contributed by atoms with Crippen LogP contribution in [0, 0.1) is 10.1 Å². The van der Waals surface area contributed by atoms with Gasteiger partial charge in [0, 0.05) is 6.54 Å². The number of hydrogen-bond donors (Lipinski definition) is 2. The van der Waals surface area contributed by atoms with E-state index in [1.807, 2.05) is 0 Å². The van der Waals surface area contributed by atoms with Gasteiger partial charge in [0.1, 0.15) is 5.75 Å². The molecular formula is C15H17N3O7S2. The highest BCUT2D eigenvalue weighted by Gasteiger charge is 2.26. The molecule has 0 atom stereocenters. The molecule has 0 aromatic heterocycles. The Labute approximate surface area is 156 Å². The molecule has 2 rings (SSSR count). The second-order valence-corrected chi connectivity index (χ2v) is 8.89. The highest BCUT2D eigenvalue weighted by molar-refractivity contribution is 7.89. The van der Waals surface area contributed by atoms with E-state index in [2.05, 4.69) is 4.72 Å². The maximum absolute atomic E-state index is 12.5. The Hall–Kier alpha value is -2.54. The van der Waals surface area contributed by atoms with Crippen molar-refractivity contribution in [3.63, 3.8) is 0 Å². The van der Waals surface area contributed by atoms with Gasteiger partial charge in [-0.05, 0) is 23.3 Å². The quantitative estimate of drug-likeness (QED) is 0.478. The first kappa shape index (κ1) is 20.8. The molecule has 10 nitrogen and oxygen atoms in total. The van der Waals surface area contributed by atoms with Gasteiger partial charge in [-0.25, -0.2) is 26.7 Å². The molecule has 27 heavy (non-hydrogen) atoms. The van der Waals surface area contributed by atoms with E-state index < -0.39 is 41.3 Å². The molecule has 0 aliphatic carbocycles. The summed E-state index contributed by atoms with van der Waals surface area (Å²) in [6.07, 6.45) is 0. The number of nitrogens with two attached hydrogens (primary N) is 1. The van der Waals surface area contributed by atoms with Crippen molar-refractivity contribution in [2.45, 2.75) is 17.2 Å². The third-order valence-corrected chi connectivity index (χ3v) is 5.66. The van der Waals surface area contributed by atoms with Gasteiger partial charge in [0.05, 0.1) is 23.9 Å². The topological polar surface area (TPSA) is 159 Å². The average molecular weight is 415 g/mol. The van der Waals surface area contributed by atoms with Gasteiger partial charge in [-0.15, -0.1) is 0 Å². The van der Waals surface area contributed by atoms with E-state index >= 15 is 0 Å². The Morgan fingerprint density at radius 2 is 1.78 bits per heavy atom. The van der Waals surface area contributed by atoms with Crippen molar-refractivity contribution in [2.75, 3.05) is 7.11 Å². The molecule has 12 heteroatoms. The lowest BCUT2D eigenvalue weighted by Gasteiger charge is -2.09. The van der Waals surface area contributed by atoms with Crippen LogP contribution >= 0.6 is 0 Å². The first-order chi connectivity index (χ1) is 12.5. The van der Waals surface area contributed by atoms with Crippen LogP contribution in [-0.2, 0) is 32.3 Å². The van der Waals surface area contributed by atoms with Crippen LogP contribution in [0.4, 0.5) is 5.69 Å². The lowest BCUT2D eigenvalue weighted by molar-refractivity contribution is -0.387. The van der Waals surface area contributed by atoms with Crippen LogP contribution in [-0.4, -0.2) is 28.9 Å². The van der Waals surface area contributed by atoms with Crippen LogP contribution in [0.25, 0.3) is 0 Å². The molecule has 0 unspecified atom stereocenters. The zero-order chi connectivity index (χ0) is 20.2. The number of hydrogen-bond acceptors (Lipinski definition) is 7. The molecule has 0 spiro atoms. The predicted molar refractivity (Wildman–Crippen MR) is 96.9 cm³/mol. The van der Waals surface area contributed by atoms with E-state index in [4.69, 9.17) is 9.88 Å². The number of nitrogens with one attached hydrogen (secondary N) is 1. The lowest BCUT2D eigenvalue weighted by atomic mass is 10.1. The normalized spacial score (nSPS) is 11.9. The minimum Gasteiger partial charge on any atom is -0.497 e. The van der Waals surface area contributed by atoms with Crippen molar-refractivity contribution in [2.24, 2.45) is 5.14 Å². The smallest absolute Gasteiger partial charge is 0.293 e. The molecular weight excluding hydrogens is 398 g/mol. The zero-order valence-electron chi connectivity index (χ0n) is 14.2. The van der Waals surface area contributed by atoms with Crippen molar-refractivity contribution in [3.05, 3.63) is 63.7 Å². The second-order valence-electron chi connectivity index (χ2n) is 5.54. The first-order valence-corrected chi connectivity index (χ1v) is 10.6. The lowest BCUT2D eigenvalue weighted by Crippen LogP contribution is -2.24. The molecule has 0 heterocycles. The summed E-state index contributed by atoms with van der Waals surface area (Å²) in [4.78, 5) is 9.86. The SMILES string of the molecule is COc1ccc(S(=O)(=O)NCc2cccc(CS(N)(=O)=O)c2)c([N+](=O)[O-])c1. The third-order valence-electron chi connectivity index (χ3n) is 3.48. The predicted octanol–water partition coefficient (Wildman–Crippen LogP) is 0.870. The minimum atomic E-state index is -4.20. The zero-order valence-corrected chi connectivity index (χ0v) is 15.8. The van der Waals surface area contributed by atoms with Crippen molar-refractivity contribution in [1.82, 2.24) is 4.72 Å². The Bertz CT molecular complexity index is 1070. The number of nitro groups is 1. The highest BCUT2D eigenvalue weighted by Crippen LogP contribution is 2.28. The second kappa shape index (κ2) is 8.00. The summed E-state index contributed by atoms with van der Waals surface area (Å²) in [6, 6.07) is 9.55. The van der Waals surface area contributed by atoms with Crippen LogP contribution in [0.3, 0.4) is 0 Å². The Balaban J connectivity index is 2.25. The highest BCUT2D eigenvalue weighted by atomic mass is 32.2. The van der Waals surface area contributed by atoms with Crippen molar-refractivity contribution < 1.29 is 26.5 Å². The molecule has 0 fully saturated rings. The number of rotatable bonds is 8. The fourth-order valence-electron chi connectivity index (χ4n) is 2.31. The number of primary sulfonamides is 1. The van der Waals surface area contributed by atoms with Crippen LogP contribution in [0.5, 0.6) is 5.75 Å². The summed E-state index contributed by atoms with van der Waals surface area (Å²) in [5, 5.41) is 16.2. The molecule has 0 aliphatic rings. The maximum Gasteiger partial charge on any atom is 0.293 e. The Kier molecular flexibility index (Phi) is 6.15. The van der Waals surface area contributed by atoms with Gasteiger partial charge < -0.3 is 4.74 Å². The summed E-state index contributed by atoms with van der Waals surface area (Å²) in [6.45, 7) is -0.191. The van der Waals surface area contributed by atoms with Gasteiger partial charge in [0.25, 0.3) is 5.69 Å². The van der Waals surface area contributed by atoms with Gasteiger partial charge in [-0.1, -0.05) is 24.3 Å². The number of nitro benzene ring substituents is 1. The van der Waals surface area contributed by atoms with E-state index in [0.717, 1.165) is 12.1 Å². The fourth-order valence-corrected chi connectivity index (χ4v) is 4.12. The maximum atomic E-state index is 12.5. The van der Waals surface area contributed by atoms with Gasteiger partial charge in [0.2, 0.25) is 20.0 Å². The number of benzene rings is 2. The molecule has 0 bridgehead atoms. The molecule has 0 saturated carbocycles. The van der Waals surface area contributed by atoms with Crippen molar-refractivity contribution in [3.8, 4) is 5.75 Å². The monoisotopic (exact) mass is 415 g/mol. The Morgan fingerprint density at radius 3 is 2.37 bits per heavy atom. The number of nitrogens with zero attached hydrogens (tertiary/aromatic N) is 1. The summed E-state index contributed by atoms with van der Waals surface area (Å²) in [5.74, 6) is -0.242. The molecule has 2 aromatic rings. The van der Waals surface area contributed by atoms with Crippen LogP contribution in [0.1, 0.15) is 11.1 Å². The van der Waals surface area contributed by atoms with E-state index in [-0.39, 0.29) is 12.3 Å². The van der Waals surface area contributed by atoms with Gasteiger partial charge >= 0.3 is 0 Å². The summed E-state index contributed by atoms with van der Waals surface area (Å²) >= 11 is 0. The van der Waals surface area contributed by atoms with Crippen LogP contribution in [0.2, 0.25) is 0 Å². The van der Waals surface area contributed by atoms with Crippen molar-refractivity contribution in [1.29, 1.82) is 0 Å². The minimum absolute atomic E-state index is 0.149. The molecule has 0 saturated heterocycles. The van der Waals surface area contributed by atoms with E-state index in [9.17, 15) is 26.9 Å². The number of methoxy groups -OCH3 is 1. The average Bonchev–Trinajstić information content (AvgIpc) is 2.58. The first-order valence-electron chi connectivity index (χ1n) is 7.42. The number of ether oxygens (including phenoxy) is 1. The van der Waals surface area contributed by atoms with Gasteiger partial charge in [-0.3, -0.25) is 10.1 Å². The van der Waals surface area contributed by atoms with Crippen LogP contribution in [0.15, 0.2) is 47.4 Å². The summed E-state index contributed by atoms with van der Waals surface area (Å²) < 4.78 is 54.4. The Morgan fingerprint density at radius 1 is 1.11 bits per heavy atom. The third kappa shape index (κ3) is 5.72. The molecule has 0 radical (unpaired) electrons. The van der Waals surface area contributed by atoms with Crippen LogP contribution < -0.4 is 14.6 Å². The summed E-state index contributed by atoms with van der Waals surface area (Å²) in [5.41, 5.74) is 0.241. The summed E-state index contributed by atoms with van der Waals surface area (Å²) in [7, 11) is -6.62. The van der Waals surface area contributed by atoms with E-state index in [1.54, 1.807) is 12.1 Å². The van der Waals surface area contributed by atoms with Gasteiger partial charge in [-0.2, -0.15) is 0 Å². The molecule has 0 aliphatic heterocycles. The standard InChI is InChI=1S/C15H17N3O7S2/c1-25-13-5-6-15(14(8-13)18(19)20)27(23,24)17-9-11-3-2-4-12(7-11)10-26(16,21)22/h2-8,17H,9-10H2,1H3,(H2,16,21,22). The molecule has 0 amide bonds. The van der Waals surface area contributed by atoms with Gasteiger partial charge in [0.15, 0.2) is 4.90 Å². The van der Waals surface area contributed by atoms with E-state index in [1.165, 1.54) is 25.3 Å². The van der Waals surface area contributed by atoms with Crippen molar-refractivity contribution >= 4 is 25.7 Å². The molecule has 146 valence electrons.